The van der Waals surface area contributed by atoms with Crippen LogP contribution in [0.2, 0.25) is 0 Å². The normalized spacial score (nSPS) is 10.5. The molecule has 0 amide bonds. The van der Waals surface area contributed by atoms with Gasteiger partial charge in [-0.05, 0) is 6.92 Å². The number of alkyl halides is 2. The second-order valence-electron chi connectivity index (χ2n) is 2.54. The molecule has 0 bridgehead atoms. The number of carbonyl (C=O) groups excluding carboxylic acids is 1. The Kier molecular flexibility index (Phi) is 2.55. The van der Waals surface area contributed by atoms with Crippen LogP contribution >= 0.6 is 0 Å². The van der Waals surface area contributed by atoms with Gasteiger partial charge in [0, 0.05) is 11.3 Å². The summed E-state index contributed by atoms with van der Waals surface area (Å²) in [7, 11) is 0. The molecule has 0 atom stereocenters. The Morgan fingerprint density at radius 1 is 1.62 bits per heavy atom. The van der Waals surface area contributed by atoms with Crippen LogP contribution in [0.3, 0.4) is 0 Å². The molecule has 5 heteroatoms. The minimum absolute atomic E-state index is 0.0177. The Hall–Kier alpha value is -1.52. The lowest BCUT2D eigenvalue weighted by Crippen LogP contribution is -2.04. The van der Waals surface area contributed by atoms with E-state index in [0.29, 0.717) is 6.29 Å². The molecule has 1 rings (SSSR count). The summed E-state index contributed by atoms with van der Waals surface area (Å²) in [6, 6.07) is 0. The van der Waals surface area contributed by atoms with Gasteiger partial charge in [0.2, 0.25) is 0 Å². The van der Waals surface area contributed by atoms with E-state index < -0.39 is 6.43 Å². The minimum Gasteiger partial charge on any atom is -0.397 e. The number of halogens is 2. The fraction of sp³-hybridized carbons (Fsp3) is 0.250. The molecule has 3 nitrogen and oxygen atoms in total. The molecule has 1 aromatic rings. The summed E-state index contributed by atoms with van der Waals surface area (Å²) >= 11 is 0. The predicted molar refractivity (Wildman–Crippen MR) is 43.7 cm³/mol. The van der Waals surface area contributed by atoms with Gasteiger partial charge in [-0.1, -0.05) is 0 Å². The fourth-order valence-corrected chi connectivity index (χ4v) is 1.06. The molecule has 0 spiro atoms. The quantitative estimate of drug-likeness (QED) is 0.715. The van der Waals surface area contributed by atoms with Crippen LogP contribution in [0.5, 0.6) is 0 Å². The molecule has 0 aliphatic carbocycles. The Labute approximate surface area is 73.6 Å². The molecule has 0 saturated heterocycles. The molecule has 0 aliphatic rings. The zero-order chi connectivity index (χ0) is 10.0. The van der Waals surface area contributed by atoms with E-state index >= 15 is 0 Å². The average Bonchev–Trinajstić information content (AvgIpc) is 2.07. The number of hydrogen-bond donors (Lipinski definition) is 1. The highest BCUT2D eigenvalue weighted by Gasteiger charge is 2.18. The van der Waals surface area contributed by atoms with Crippen molar-refractivity contribution in [1.82, 2.24) is 4.98 Å². The molecule has 0 aromatic carbocycles. The van der Waals surface area contributed by atoms with Gasteiger partial charge in [-0.25, -0.2) is 8.78 Å². The summed E-state index contributed by atoms with van der Waals surface area (Å²) in [5.74, 6) is 0. The van der Waals surface area contributed by atoms with Crippen molar-refractivity contribution in [1.29, 1.82) is 0 Å². The Morgan fingerprint density at radius 2 is 2.23 bits per heavy atom. The van der Waals surface area contributed by atoms with E-state index in [1.807, 2.05) is 0 Å². The number of carbonyl (C=O) groups is 1. The number of hydrogen-bond acceptors (Lipinski definition) is 3. The van der Waals surface area contributed by atoms with Crippen molar-refractivity contribution in [2.24, 2.45) is 0 Å². The summed E-state index contributed by atoms with van der Waals surface area (Å²) in [5.41, 5.74) is 4.88. The van der Waals surface area contributed by atoms with Crippen molar-refractivity contribution < 1.29 is 13.6 Å². The third-order valence-corrected chi connectivity index (χ3v) is 1.72. The van der Waals surface area contributed by atoms with Crippen LogP contribution in [0.1, 0.15) is 28.0 Å². The van der Waals surface area contributed by atoms with Crippen LogP contribution in [0.15, 0.2) is 6.20 Å². The van der Waals surface area contributed by atoms with Crippen molar-refractivity contribution >= 4 is 12.0 Å². The molecule has 0 aliphatic heterocycles. The number of nitrogens with zero attached hydrogens (tertiary/aromatic N) is 1. The molecule has 1 aromatic heterocycles. The number of aryl methyl sites for hydroxylation is 1. The van der Waals surface area contributed by atoms with E-state index in [-0.39, 0.29) is 22.5 Å². The molecule has 0 unspecified atom stereocenters. The van der Waals surface area contributed by atoms with Crippen LogP contribution in [-0.2, 0) is 0 Å². The van der Waals surface area contributed by atoms with Crippen LogP contribution in [0.25, 0.3) is 0 Å². The van der Waals surface area contributed by atoms with Crippen LogP contribution < -0.4 is 5.73 Å². The van der Waals surface area contributed by atoms with E-state index in [9.17, 15) is 13.6 Å². The van der Waals surface area contributed by atoms with Crippen molar-refractivity contribution in [2.75, 3.05) is 5.73 Å². The first-order chi connectivity index (χ1) is 6.07. The maximum atomic E-state index is 12.4. The van der Waals surface area contributed by atoms with Gasteiger partial charge in [0.05, 0.1) is 17.4 Å². The third kappa shape index (κ3) is 1.63. The number of pyridine rings is 1. The molecule has 70 valence electrons. The number of rotatable bonds is 2. The molecule has 1 heterocycles. The van der Waals surface area contributed by atoms with Gasteiger partial charge in [0.1, 0.15) is 0 Å². The third-order valence-electron chi connectivity index (χ3n) is 1.72. The van der Waals surface area contributed by atoms with Crippen LogP contribution in [0, 0.1) is 6.92 Å². The van der Waals surface area contributed by atoms with Gasteiger partial charge in [0.15, 0.2) is 6.29 Å². The summed E-state index contributed by atoms with van der Waals surface area (Å²) in [4.78, 5) is 14.1. The number of aldehydes is 1. The number of anilines is 1. The van der Waals surface area contributed by atoms with Crippen molar-refractivity contribution in [3.05, 3.63) is 23.0 Å². The highest BCUT2D eigenvalue weighted by molar-refractivity contribution is 5.85. The van der Waals surface area contributed by atoms with E-state index in [1.165, 1.54) is 13.1 Å². The van der Waals surface area contributed by atoms with Gasteiger partial charge in [0.25, 0.3) is 6.43 Å². The van der Waals surface area contributed by atoms with Crippen molar-refractivity contribution in [3.63, 3.8) is 0 Å². The maximum Gasteiger partial charge on any atom is 0.266 e. The highest BCUT2D eigenvalue weighted by atomic mass is 19.3. The van der Waals surface area contributed by atoms with Gasteiger partial charge in [-0.3, -0.25) is 9.78 Å². The lowest BCUT2D eigenvalue weighted by atomic mass is 10.1. The van der Waals surface area contributed by atoms with E-state index in [1.54, 1.807) is 0 Å². The van der Waals surface area contributed by atoms with Crippen LogP contribution in [0.4, 0.5) is 14.5 Å². The van der Waals surface area contributed by atoms with Gasteiger partial charge >= 0.3 is 0 Å². The average molecular weight is 186 g/mol. The Balaban J connectivity index is 3.43. The highest BCUT2D eigenvalue weighted by Crippen LogP contribution is 2.27. The van der Waals surface area contributed by atoms with E-state index in [4.69, 9.17) is 5.73 Å². The Morgan fingerprint density at radius 3 is 2.62 bits per heavy atom. The van der Waals surface area contributed by atoms with Gasteiger partial charge < -0.3 is 5.73 Å². The zero-order valence-corrected chi connectivity index (χ0v) is 6.92. The summed E-state index contributed by atoms with van der Waals surface area (Å²) in [6.07, 6.45) is -1.20. The number of nitrogen functional groups attached to an aromatic ring is 1. The molecule has 0 saturated carbocycles. The summed E-state index contributed by atoms with van der Waals surface area (Å²) in [6.45, 7) is 1.41. The summed E-state index contributed by atoms with van der Waals surface area (Å²) in [5, 5.41) is 0. The second kappa shape index (κ2) is 3.47. The fourth-order valence-electron chi connectivity index (χ4n) is 1.06. The van der Waals surface area contributed by atoms with Crippen molar-refractivity contribution in [2.45, 2.75) is 13.3 Å². The Bertz CT molecular complexity index is 339. The van der Waals surface area contributed by atoms with Crippen LogP contribution in [-0.4, -0.2) is 11.3 Å². The SMILES string of the molecule is Cc1ncc(N)c(C=O)c1C(F)F. The molecular formula is C8H8F2N2O. The lowest BCUT2D eigenvalue weighted by Gasteiger charge is -2.08. The second-order valence-corrected chi connectivity index (χ2v) is 2.54. The number of nitrogens with two attached hydrogens (primary N) is 1. The minimum atomic E-state index is -2.73. The molecule has 0 radical (unpaired) electrons. The van der Waals surface area contributed by atoms with E-state index in [2.05, 4.69) is 4.98 Å². The monoisotopic (exact) mass is 186 g/mol. The predicted octanol–water partition coefficient (Wildman–Crippen LogP) is 1.72. The first-order valence-electron chi connectivity index (χ1n) is 3.56. The molecular weight excluding hydrogens is 178 g/mol. The topological polar surface area (TPSA) is 56.0 Å². The van der Waals surface area contributed by atoms with Crippen molar-refractivity contribution in [3.8, 4) is 0 Å². The smallest absolute Gasteiger partial charge is 0.266 e. The molecule has 2 N–H and O–H groups in total. The van der Waals surface area contributed by atoms with Gasteiger partial charge in [-0.15, -0.1) is 0 Å². The first-order valence-corrected chi connectivity index (χ1v) is 3.56. The summed E-state index contributed by atoms with van der Waals surface area (Å²) < 4.78 is 24.8. The standard InChI is InChI=1S/C8H8F2N2O/c1-4-7(8(9)10)5(3-13)6(11)2-12-4/h2-3,8H,11H2,1H3. The molecule has 0 fully saturated rings. The zero-order valence-electron chi connectivity index (χ0n) is 6.92. The first kappa shape index (κ1) is 9.57. The van der Waals surface area contributed by atoms with E-state index in [0.717, 1.165) is 0 Å². The lowest BCUT2D eigenvalue weighted by molar-refractivity contribution is 0.110. The maximum absolute atomic E-state index is 12.4. The number of aromatic nitrogens is 1. The van der Waals surface area contributed by atoms with Gasteiger partial charge in [-0.2, -0.15) is 0 Å². The largest absolute Gasteiger partial charge is 0.397 e. The molecule has 13 heavy (non-hydrogen) atoms.